The number of piperidine rings is 1. The maximum atomic E-state index is 12.2. The van der Waals surface area contributed by atoms with E-state index in [4.69, 9.17) is 0 Å². The first-order valence-electron chi connectivity index (χ1n) is 9.40. The van der Waals surface area contributed by atoms with Crippen molar-refractivity contribution in [1.82, 2.24) is 15.2 Å². The molecule has 2 heterocycles. The summed E-state index contributed by atoms with van der Waals surface area (Å²) in [5, 5.41) is 3.17. The van der Waals surface area contributed by atoms with Crippen molar-refractivity contribution in [3.05, 3.63) is 36.2 Å². The van der Waals surface area contributed by atoms with Gasteiger partial charge in [0.1, 0.15) is 0 Å². The molecule has 130 valence electrons. The molecule has 1 aliphatic carbocycles. The maximum Gasteiger partial charge on any atom is 0.244 e. The fraction of sp³-hybridized carbons (Fsp3) is 0.600. The molecule has 1 saturated carbocycles. The Morgan fingerprint density at radius 2 is 1.92 bits per heavy atom. The van der Waals surface area contributed by atoms with Gasteiger partial charge < -0.3 is 5.32 Å². The molecule has 4 heteroatoms. The Balaban J connectivity index is 1.58. The number of pyridine rings is 1. The highest BCUT2D eigenvalue weighted by Crippen LogP contribution is 2.35. The van der Waals surface area contributed by atoms with Gasteiger partial charge in [-0.15, -0.1) is 0 Å². The predicted octanol–water partition coefficient (Wildman–Crippen LogP) is 3.40. The average molecular weight is 327 g/mol. The van der Waals surface area contributed by atoms with E-state index in [9.17, 15) is 4.79 Å². The van der Waals surface area contributed by atoms with Crippen molar-refractivity contribution in [2.45, 2.75) is 56.9 Å². The normalized spacial score (nSPS) is 21.7. The van der Waals surface area contributed by atoms with Crippen LogP contribution in [0.3, 0.4) is 0 Å². The largest absolute Gasteiger partial charge is 0.351 e. The molecule has 1 amide bonds. The standard InChI is InChI=1S/C20H29N3O/c24-19(10-9-18-8-7-13-21-16-18)22-17-20(11-3-1-4-12-20)23-14-5-2-6-15-23/h7-10,13,16H,1-6,11-12,14-15,17H2,(H,22,24)/b10-9+. The van der Waals surface area contributed by atoms with Crippen molar-refractivity contribution < 1.29 is 4.79 Å². The van der Waals surface area contributed by atoms with E-state index < -0.39 is 0 Å². The number of likely N-dealkylation sites (tertiary alicyclic amines) is 1. The highest BCUT2D eigenvalue weighted by Gasteiger charge is 2.38. The van der Waals surface area contributed by atoms with Gasteiger partial charge in [0.25, 0.3) is 0 Å². The number of amides is 1. The van der Waals surface area contributed by atoms with Crippen LogP contribution in [0.4, 0.5) is 0 Å². The van der Waals surface area contributed by atoms with Gasteiger partial charge in [0.2, 0.25) is 5.91 Å². The monoisotopic (exact) mass is 327 g/mol. The first kappa shape index (κ1) is 17.2. The number of nitrogens with zero attached hydrogens (tertiary/aromatic N) is 2. The van der Waals surface area contributed by atoms with E-state index in [2.05, 4.69) is 15.2 Å². The van der Waals surface area contributed by atoms with E-state index in [1.54, 1.807) is 18.5 Å². The molecule has 1 aromatic rings. The molecular formula is C20H29N3O. The van der Waals surface area contributed by atoms with E-state index >= 15 is 0 Å². The summed E-state index contributed by atoms with van der Waals surface area (Å²) < 4.78 is 0. The number of rotatable bonds is 5. The summed E-state index contributed by atoms with van der Waals surface area (Å²) >= 11 is 0. The third kappa shape index (κ3) is 4.44. The Morgan fingerprint density at radius 3 is 2.62 bits per heavy atom. The summed E-state index contributed by atoms with van der Waals surface area (Å²) in [5.74, 6) is 0.000751. The Morgan fingerprint density at radius 1 is 1.17 bits per heavy atom. The van der Waals surface area contributed by atoms with Gasteiger partial charge in [-0.05, 0) is 56.5 Å². The second-order valence-corrected chi connectivity index (χ2v) is 7.17. The molecule has 0 unspecified atom stereocenters. The summed E-state index contributed by atoms with van der Waals surface area (Å²) in [6.07, 6.45) is 17.3. The van der Waals surface area contributed by atoms with E-state index in [0.717, 1.165) is 12.1 Å². The lowest BCUT2D eigenvalue weighted by Gasteiger charge is -2.48. The average Bonchev–Trinajstić information content (AvgIpc) is 2.67. The number of hydrogen-bond acceptors (Lipinski definition) is 3. The molecule has 1 aromatic heterocycles. The maximum absolute atomic E-state index is 12.2. The molecule has 4 nitrogen and oxygen atoms in total. The van der Waals surface area contributed by atoms with Crippen molar-refractivity contribution in [2.24, 2.45) is 0 Å². The Kier molecular flexibility index (Phi) is 6.02. The van der Waals surface area contributed by atoms with Gasteiger partial charge in [0, 0.05) is 30.6 Å². The molecule has 2 aliphatic rings. The smallest absolute Gasteiger partial charge is 0.244 e. The highest BCUT2D eigenvalue weighted by atomic mass is 16.1. The van der Waals surface area contributed by atoms with E-state index in [1.807, 2.05) is 18.2 Å². The van der Waals surface area contributed by atoms with Gasteiger partial charge in [0.15, 0.2) is 0 Å². The molecule has 0 aromatic carbocycles. The summed E-state index contributed by atoms with van der Waals surface area (Å²) in [5.41, 5.74) is 1.15. The molecule has 1 saturated heterocycles. The zero-order valence-electron chi connectivity index (χ0n) is 14.5. The van der Waals surface area contributed by atoms with Gasteiger partial charge in [-0.3, -0.25) is 14.7 Å². The highest BCUT2D eigenvalue weighted by molar-refractivity contribution is 5.91. The molecule has 3 rings (SSSR count). The lowest BCUT2D eigenvalue weighted by atomic mass is 9.79. The summed E-state index contributed by atoms with van der Waals surface area (Å²) in [6, 6.07) is 3.83. The number of carbonyl (C=O) groups excluding carboxylic acids is 1. The van der Waals surface area contributed by atoms with Crippen LogP contribution in [0.25, 0.3) is 6.08 Å². The minimum absolute atomic E-state index is 0.000751. The second kappa shape index (κ2) is 8.43. The number of hydrogen-bond donors (Lipinski definition) is 1. The van der Waals surface area contributed by atoms with Gasteiger partial charge in [-0.1, -0.05) is 31.7 Å². The molecule has 0 spiro atoms. The van der Waals surface area contributed by atoms with E-state index in [-0.39, 0.29) is 11.4 Å². The van der Waals surface area contributed by atoms with E-state index in [0.29, 0.717) is 0 Å². The zero-order chi connectivity index (χ0) is 16.7. The van der Waals surface area contributed by atoms with Crippen LogP contribution in [0.15, 0.2) is 30.6 Å². The summed E-state index contributed by atoms with van der Waals surface area (Å²) in [4.78, 5) is 19.0. The van der Waals surface area contributed by atoms with Crippen LogP contribution in [0.1, 0.15) is 56.9 Å². The molecule has 0 atom stereocenters. The van der Waals surface area contributed by atoms with Crippen molar-refractivity contribution in [2.75, 3.05) is 19.6 Å². The Labute approximate surface area is 145 Å². The number of carbonyl (C=O) groups is 1. The van der Waals surface area contributed by atoms with Crippen LogP contribution >= 0.6 is 0 Å². The molecule has 0 bridgehead atoms. The molecular weight excluding hydrogens is 298 g/mol. The fourth-order valence-electron chi connectivity index (χ4n) is 4.14. The van der Waals surface area contributed by atoms with Crippen molar-refractivity contribution >= 4 is 12.0 Å². The van der Waals surface area contributed by atoms with Crippen LogP contribution in [0.5, 0.6) is 0 Å². The van der Waals surface area contributed by atoms with Crippen LogP contribution < -0.4 is 5.32 Å². The van der Waals surface area contributed by atoms with Crippen LogP contribution in [-0.4, -0.2) is 41.0 Å². The van der Waals surface area contributed by atoms with Gasteiger partial charge in [-0.2, -0.15) is 0 Å². The summed E-state index contributed by atoms with van der Waals surface area (Å²) in [7, 11) is 0. The minimum Gasteiger partial charge on any atom is -0.351 e. The predicted molar refractivity (Wildman–Crippen MR) is 97.5 cm³/mol. The van der Waals surface area contributed by atoms with Crippen LogP contribution in [-0.2, 0) is 4.79 Å². The molecule has 24 heavy (non-hydrogen) atoms. The summed E-state index contributed by atoms with van der Waals surface area (Å²) in [6.45, 7) is 3.17. The lowest BCUT2D eigenvalue weighted by Crippen LogP contribution is -2.58. The fourth-order valence-corrected chi connectivity index (χ4v) is 4.14. The number of nitrogens with one attached hydrogen (secondary N) is 1. The second-order valence-electron chi connectivity index (χ2n) is 7.17. The van der Waals surface area contributed by atoms with Gasteiger partial charge >= 0.3 is 0 Å². The molecule has 0 radical (unpaired) electrons. The van der Waals surface area contributed by atoms with Crippen LogP contribution in [0, 0.1) is 0 Å². The van der Waals surface area contributed by atoms with E-state index in [1.165, 1.54) is 64.5 Å². The Hall–Kier alpha value is -1.68. The lowest BCUT2D eigenvalue weighted by molar-refractivity contribution is -0.117. The minimum atomic E-state index is 0.000751. The van der Waals surface area contributed by atoms with Crippen molar-refractivity contribution in [3.63, 3.8) is 0 Å². The third-order valence-corrected chi connectivity index (χ3v) is 5.51. The molecule has 1 aliphatic heterocycles. The van der Waals surface area contributed by atoms with Crippen LogP contribution in [0.2, 0.25) is 0 Å². The number of aromatic nitrogens is 1. The molecule has 2 fully saturated rings. The van der Waals surface area contributed by atoms with Crippen molar-refractivity contribution in [3.8, 4) is 0 Å². The Bertz CT molecular complexity index is 543. The van der Waals surface area contributed by atoms with Crippen molar-refractivity contribution in [1.29, 1.82) is 0 Å². The van der Waals surface area contributed by atoms with Gasteiger partial charge in [0.05, 0.1) is 0 Å². The molecule has 1 N–H and O–H groups in total. The third-order valence-electron chi connectivity index (χ3n) is 5.51. The first-order chi connectivity index (χ1) is 11.8. The SMILES string of the molecule is O=C(/C=C/c1cccnc1)NCC1(N2CCCCC2)CCCCC1. The first-order valence-corrected chi connectivity index (χ1v) is 9.40. The van der Waals surface area contributed by atoms with Gasteiger partial charge in [-0.25, -0.2) is 0 Å². The topological polar surface area (TPSA) is 45.2 Å². The zero-order valence-corrected chi connectivity index (χ0v) is 14.5. The quantitative estimate of drug-likeness (QED) is 0.843.